The molecule has 5 nitrogen and oxygen atoms in total. The molecule has 2 aromatic carbocycles. The van der Waals surface area contributed by atoms with Crippen LogP contribution in [0, 0.1) is 0 Å². The van der Waals surface area contributed by atoms with Crippen LogP contribution in [0.1, 0.15) is 11.1 Å². The van der Waals surface area contributed by atoms with E-state index < -0.39 is 0 Å². The summed E-state index contributed by atoms with van der Waals surface area (Å²) in [5.74, 6) is 0.800. The molecule has 0 unspecified atom stereocenters. The van der Waals surface area contributed by atoms with Crippen LogP contribution in [0.2, 0.25) is 0 Å². The molecule has 0 aliphatic heterocycles. The number of hydrogen-bond acceptors (Lipinski definition) is 3. The first-order valence-corrected chi connectivity index (χ1v) is 8.94. The van der Waals surface area contributed by atoms with Gasteiger partial charge in [-0.2, -0.15) is 0 Å². The zero-order valence-corrected chi connectivity index (χ0v) is 15.4. The fraction of sp³-hybridized carbons (Fsp3) is 0.227. The molecule has 0 spiro atoms. The van der Waals surface area contributed by atoms with Gasteiger partial charge in [0.05, 0.1) is 13.0 Å². The van der Waals surface area contributed by atoms with Gasteiger partial charge in [0.1, 0.15) is 12.4 Å². The van der Waals surface area contributed by atoms with Gasteiger partial charge < -0.3 is 19.4 Å². The van der Waals surface area contributed by atoms with Gasteiger partial charge in [0, 0.05) is 31.7 Å². The first-order chi connectivity index (χ1) is 13.2. The van der Waals surface area contributed by atoms with Gasteiger partial charge in [0.25, 0.3) is 0 Å². The lowest BCUT2D eigenvalue weighted by Crippen LogP contribution is -2.24. The Balaban J connectivity index is 1.45. The third-order valence-corrected chi connectivity index (χ3v) is 4.17. The van der Waals surface area contributed by atoms with Gasteiger partial charge in [0.15, 0.2) is 0 Å². The Kier molecular flexibility index (Phi) is 6.66. The van der Waals surface area contributed by atoms with Crippen LogP contribution in [0.25, 0.3) is 5.69 Å². The van der Waals surface area contributed by atoms with Crippen molar-refractivity contribution in [1.29, 1.82) is 0 Å². The molecule has 0 saturated carbocycles. The number of benzene rings is 2. The molecule has 0 aliphatic rings. The van der Waals surface area contributed by atoms with Crippen molar-refractivity contribution in [3.8, 4) is 11.4 Å². The summed E-state index contributed by atoms with van der Waals surface area (Å²) in [6, 6.07) is 19.7. The number of aromatic nitrogens is 1. The number of rotatable bonds is 9. The van der Waals surface area contributed by atoms with Crippen molar-refractivity contribution in [3.05, 3.63) is 84.2 Å². The van der Waals surface area contributed by atoms with E-state index in [4.69, 9.17) is 9.47 Å². The van der Waals surface area contributed by atoms with Crippen LogP contribution in [-0.4, -0.2) is 30.8 Å². The minimum atomic E-state index is 0.00383. The zero-order chi connectivity index (χ0) is 18.9. The van der Waals surface area contributed by atoms with Crippen molar-refractivity contribution in [2.45, 2.75) is 13.0 Å². The highest BCUT2D eigenvalue weighted by molar-refractivity contribution is 5.78. The van der Waals surface area contributed by atoms with Gasteiger partial charge in [-0.3, -0.25) is 4.79 Å². The quantitative estimate of drug-likeness (QED) is 0.593. The first-order valence-electron chi connectivity index (χ1n) is 8.94. The van der Waals surface area contributed by atoms with E-state index in [-0.39, 0.29) is 5.91 Å². The molecule has 1 heterocycles. The third kappa shape index (κ3) is 5.72. The molecule has 1 aromatic heterocycles. The Hall–Kier alpha value is -3.05. The van der Waals surface area contributed by atoms with E-state index in [2.05, 4.69) is 5.32 Å². The van der Waals surface area contributed by atoms with Crippen LogP contribution in [-0.2, 0) is 22.5 Å². The highest BCUT2D eigenvalue weighted by atomic mass is 16.5. The average Bonchev–Trinajstić information content (AvgIpc) is 3.23. The van der Waals surface area contributed by atoms with Crippen LogP contribution < -0.4 is 10.1 Å². The smallest absolute Gasteiger partial charge is 0.224 e. The Labute approximate surface area is 159 Å². The maximum Gasteiger partial charge on any atom is 0.224 e. The van der Waals surface area contributed by atoms with Crippen molar-refractivity contribution < 1.29 is 14.3 Å². The van der Waals surface area contributed by atoms with Crippen LogP contribution in [0.15, 0.2) is 73.1 Å². The SMILES string of the molecule is COCCOc1ccc(CNC(=O)Cc2ccc(-n3cccc3)cc2)cc1. The molecule has 0 aliphatic carbocycles. The average molecular weight is 364 g/mol. The van der Waals surface area contributed by atoms with Crippen molar-refractivity contribution in [3.63, 3.8) is 0 Å². The van der Waals surface area contributed by atoms with Crippen molar-refractivity contribution in [2.75, 3.05) is 20.3 Å². The molecule has 140 valence electrons. The largest absolute Gasteiger partial charge is 0.491 e. The number of amides is 1. The summed E-state index contributed by atoms with van der Waals surface area (Å²) >= 11 is 0. The molecule has 0 radical (unpaired) electrons. The predicted molar refractivity (Wildman–Crippen MR) is 105 cm³/mol. The minimum absolute atomic E-state index is 0.00383. The number of carbonyl (C=O) groups is 1. The van der Waals surface area contributed by atoms with E-state index in [9.17, 15) is 4.79 Å². The minimum Gasteiger partial charge on any atom is -0.491 e. The molecular formula is C22H24N2O3. The lowest BCUT2D eigenvalue weighted by molar-refractivity contribution is -0.120. The first kappa shape index (κ1) is 18.7. The van der Waals surface area contributed by atoms with Crippen LogP contribution in [0.4, 0.5) is 0 Å². The van der Waals surface area contributed by atoms with Crippen LogP contribution >= 0.6 is 0 Å². The summed E-state index contributed by atoms with van der Waals surface area (Å²) in [5.41, 5.74) is 3.10. The van der Waals surface area contributed by atoms with Gasteiger partial charge in [-0.25, -0.2) is 0 Å². The van der Waals surface area contributed by atoms with Gasteiger partial charge in [0.2, 0.25) is 5.91 Å². The highest BCUT2D eigenvalue weighted by Gasteiger charge is 2.04. The van der Waals surface area contributed by atoms with E-state index in [0.717, 1.165) is 22.6 Å². The topological polar surface area (TPSA) is 52.5 Å². The maximum absolute atomic E-state index is 12.2. The summed E-state index contributed by atoms with van der Waals surface area (Å²) in [7, 11) is 1.64. The standard InChI is InChI=1S/C22H24N2O3/c1-26-14-15-27-21-10-6-19(7-11-21)17-23-22(25)16-18-4-8-20(9-5-18)24-12-2-3-13-24/h2-13H,14-17H2,1H3,(H,23,25). The molecule has 0 bridgehead atoms. The summed E-state index contributed by atoms with van der Waals surface area (Å²) in [6.45, 7) is 1.58. The number of hydrogen-bond donors (Lipinski definition) is 1. The number of methoxy groups -OCH3 is 1. The van der Waals surface area contributed by atoms with Gasteiger partial charge in [-0.05, 0) is 47.5 Å². The van der Waals surface area contributed by atoms with Crippen LogP contribution in [0.3, 0.4) is 0 Å². The van der Waals surface area contributed by atoms with Crippen molar-refractivity contribution in [2.24, 2.45) is 0 Å². The second kappa shape index (κ2) is 9.59. The lowest BCUT2D eigenvalue weighted by atomic mass is 10.1. The highest BCUT2D eigenvalue weighted by Crippen LogP contribution is 2.13. The Bertz CT molecular complexity index is 825. The predicted octanol–water partition coefficient (Wildman–Crippen LogP) is 3.36. The third-order valence-electron chi connectivity index (χ3n) is 4.17. The summed E-state index contributed by atoms with van der Waals surface area (Å²) in [4.78, 5) is 12.2. The zero-order valence-electron chi connectivity index (χ0n) is 15.4. The Morgan fingerprint density at radius 2 is 1.59 bits per heavy atom. The molecule has 5 heteroatoms. The lowest BCUT2D eigenvalue weighted by Gasteiger charge is -2.09. The summed E-state index contributed by atoms with van der Waals surface area (Å²) < 4.78 is 12.5. The van der Waals surface area contributed by atoms with E-state index in [1.807, 2.05) is 77.6 Å². The number of nitrogens with zero attached hydrogens (tertiary/aromatic N) is 1. The van der Waals surface area contributed by atoms with Gasteiger partial charge in [-0.15, -0.1) is 0 Å². The monoisotopic (exact) mass is 364 g/mol. The molecule has 1 amide bonds. The second-order valence-electron chi connectivity index (χ2n) is 6.20. The maximum atomic E-state index is 12.2. The molecule has 0 fully saturated rings. The number of ether oxygens (including phenoxy) is 2. The van der Waals surface area contributed by atoms with Crippen molar-refractivity contribution >= 4 is 5.91 Å². The normalized spacial score (nSPS) is 10.6. The van der Waals surface area contributed by atoms with Crippen molar-refractivity contribution in [1.82, 2.24) is 9.88 Å². The number of nitrogens with one attached hydrogen (secondary N) is 1. The van der Waals surface area contributed by atoms with E-state index in [0.29, 0.717) is 26.2 Å². The van der Waals surface area contributed by atoms with E-state index in [1.165, 1.54) is 0 Å². The fourth-order valence-corrected chi connectivity index (χ4v) is 2.69. The molecule has 0 saturated heterocycles. The fourth-order valence-electron chi connectivity index (χ4n) is 2.69. The molecule has 1 N–H and O–H groups in total. The molecule has 0 atom stereocenters. The Morgan fingerprint density at radius 1 is 0.926 bits per heavy atom. The second-order valence-corrected chi connectivity index (χ2v) is 6.20. The molecule has 27 heavy (non-hydrogen) atoms. The number of carbonyl (C=O) groups excluding carboxylic acids is 1. The summed E-state index contributed by atoms with van der Waals surface area (Å²) in [6.07, 6.45) is 4.36. The van der Waals surface area contributed by atoms with Crippen LogP contribution in [0.5, 0.6) is 5.75 Å². The van der Waals surface area contributed by atoms with E-state index >= 15 is 0 Å². The van der Waals surface area contributed by atoms with E-state index in [1.54, 1.807) is 7.11 Å². The molecule has 3 aromatic rings. The Morgan fingerprint density at radius 3 is 2.26 bits per heavy atom. The van der Waals surface area contributed by atoms with Gasteiger partial charge in [-0.1, -0.05) is 24.3 Å². The van der Waals surface area contributed by atoms with Gasteiger partial charge >= 0.3 is 0 Å². The molecular weight excluding hydrogens is 340 g/mol. The molecule has 3 rings (SSSR count). The summed E-state index contributed by atoms with van der Waals surface area (Å²) in [5, 5.41) is 2.96.